The van der Waals surface area contributed by atoms with E-state index in [2.05, 4.69) is 20.4 Å². The minimum Gasteiger partial charge on any atom is -0.352 e. The molecular formula is C20H26FN5O3S2. The third-order valence-electron chi connectivity index (χ3n) is 5.53. The first-order chi connectivity index (χ1) is 14.9. The van der Waals surface area contributed by atoms with Crippen molar-refractivity contribution in [3.05, 3.63) is 35.9 Å². The van der Waals surface area contributed by atoms with E-state index in [4.69, 9.17) is 0 Å². The Kier molecular flexibility index (Phi) is 6.92. The molecule has 0 saturated carbocycles. The van der Waals surface area contributed by atoms with Gasteiger partial charge in [0, 0.05) is 11.7 Å². The molecule has 2 aliphatic heterocycles. The molecule has 1 aromatic heterocycles. The second kappa shape index (κ2) is 9.66. The van der Waals surface area contributed by atoms with Crippen LogP contribution in [0.5, 0.6) is 0 Å². The molecule has 1 atom stereocenters. The van der Waals surface area contributed by atoms with Crippen molar-refractivity contribution in [2.24, 2.45) is 0 Å². The Balaban J connectivity index is 1.47. The number of aromatic nitrogens is 3. The predicted octanol–water partition coefficient (Wildman–Crippen LogP) is 1.79. The lowest BCUT2D eigenvalue weighted by Gasteiger charge is -2.26. The fourth-order valence-corrected chi connectivity index (χ4v) is 6.43. The Labute approximate surface area is 185 Å². The van der Waals surface area contributed by atoms with Crippen molar-refractivity contribution in [2.75, 3.05) is 30.3 Å². The standard InChI is InChI=1S/C20H26FN5O3S2/c21-15-4-6-17(7-5-15)26-18(12-25-9-2-1-3-10-25)23-24-20(26)30-13-19(27)22-16-8-11-31(28,29)14-16/h4-7,16H,1-3,8-14H2,(H,22,27). The lowest BCUT2D eigenvalue weighted by atomic mass is 10.1. The topological polar surface area (TPSA) is 97.2 Å². The molecule has 31 heavy (non-hydrogen) atoms. The number of hydrogen-bond donors (Lipinski definition) is 1. The van der Waals surface area contributed by atoms with Crippen LogP contribution in [0.2, 0.25) is 0 Å². The zero-order valence-corrected chi connectivity index (χ0v) is 18.8. The van der Waals surface area contributed by atoms with Gasteiger partial charge in [-0.1, -0.05) is 18.2 Å². The van der Waals surface area contributed by atoms with Crippen LogP contribution in [0, 0.1) is 5.82 Å². The molecule has 1 unspecified atom stereocenters. The van der Waals surface area contributed by atoms with Gasteiger partial charge in [0.05, 0.1) is 23.8 Å². The maximum Gasteiger partial charge on any atom is 0.230 e. The molecule has 4 rings (SSSR count). The fraction of sp³-hybridized carbons (Fsp3) is 0.550. The van der Waals surface area contributed by atoms with Gasteiger partial charge >= 0.3 is 0 Å². The number of benzene rings is 1. The Bertz CT molecular complexity index is 1020. The van der Waals surface area contributed by atoms with Crippen LogP contribution < -0.4 is 5.32 Å². The average Bonchev–Trinajstić information content (AvgIpc) is 3.30. The first kappa shape index (κ1) is 22.2. The first-order valence-electron chi connectivity index (χ1n) is 10.4. The highest BCUT2D eigenvalue weighted by molar-refractivity contribution is 7.99. The van der Waals surface area contributed by atoms with Gasteiger partial charge in [0.15, 0.2) is 20.8 Å². The van der Waals surface area contributed by atoms with E-state index in [0.29, 0.717) is 18.1 Å². The average molecular weight is 468 g/mol. The summed E-state index contributed by atoms with van der Waals surface area (Å²) in [7, 11) is -3.05. The van der Waals surface area contributed by atoms with Gasteiger partial charge in [0.25, 0.3) is 0 Å². The summed E-state index contributed by atoms with van der Waals surface area (Å²) >= 11 is 1.24. The maximum absolute atomic E-state index is 13.5. The minimum atomic E-state index is -3.05. The second-order valence-corrected chi connectivity index (χ2v) is 11.2. The van der Waals surface area contributed by atoms with Gasteiger partial charge in [-0.15, -0.1) is 10.2 Å². The number of sulfone groups is 1. The van der Waals surface area contributed by atoms with Crippen molar-refractivity contribution in [3.8, 4) is 5.69 Å². The molecule has 3 heterocycles. The van der Waals surface area contributed by atoms with Crippen LogP contribution in [0.3, 0.4) is 0 Å². The molecule has 8 nitrogen and oxygen atoms in total. The van der Waals surface area contributed by atoms with E-state index >= 15 is 0 Å². The fourth-order valence-electron chi connectivity index (χ4n) is 3.97. The van der Waals surface area contributed by atoms with Gasteiger partial charge in [-0.05, 0) is 56.6 Å². The van der Waals surface area contributed by atoms with Crippen LogP contribution in [-0.2, 0) is 21.2 Å². The number of piperidine rings is 1. The summed E-state index contributed by atoms with van der Waals surface area (Å²) in [6.45, 7) is 2.65. The van der Waals surface area contributed by atoms with Gasteiger partial charge in [-0.2, -0.15) is 0 Å². The van der Waals surface area contributed by atoms with Gasteiger partial charge in [0.1, 0.15) is 5.82 Å². The summed E-state index contributed by atoms with van der Waals surface area (Å²) in [6.07, 6.45) is 4.00. The summed E-state index contributed by atoms with van der Waals surface area (Å²) in [4.78, 5) is 14.7. The minimum absolute atomic E-state index is 0.00481. The van der Waals surface area contributed by atoms with Crippen molar-refractivity contribution in [2.45, 2.75) is 43.4 Å². The van der Waals surface area contributed by atoms with Crippen LogP contribution in [-0.4, -0.2) is 70.4 Å². The Hall–Kier alpha value is -1.98. The number of amides is 1. The smallest absolute Gasteiger partial charge is 0.230 e. The SMILES string of the molecule is O=C(CSc1nnc(CN2CCCCC2)n1-c1ccc(F)cc1)NC1CCS(=O)(=O)C1. The Morgan fingerprint density at radius 1 is 1.16 bits per heavy atom. The van der Waals surface area contributed by atoms with Crippen molar-refractivity contribution in [1.29, 1.82) is 0 Å². The van der Waals surface area contributed by atoms with E-state index in [1.54, 1.807) is 12.1 Å². The van der Waals surface area contributed by atoms with Gasteiger partial charge < -0.3 is 5.32 Å². The van der Waals surface area contributed by atoms with E-state index in [-0.39, 0.29) is 35.0 Å². The summed E-state index contributed by atoms with van der Waals surface area (Å²) in [5, 5.41) is 12.0. The highest BCUT2D eigenvalue weighted by atomic mass is 32.2. The number of nitrogens with one attached hydrogen (secondary N) is 1. The summed E-state index contributed by atoms with van der Waals surface area (Å²) in [5.41, 5.74) is 0.739. The van der Waals surface area contributed by atoms with Gasteiger partial charge in [0.2, 0.25) is 5.91 Å². The van der Waals surface area contributed by atoms with Crippen molar-refractivity contribution in [3.63, 3.8) is 0 Å². The van der Waals surface area contributed by atoms with E-state index in [1.807, 2.05) is 4.57 Å². The Morgan fingerprint density at radius 2 is 1.90 bits per heavy atom. The molecule has 2 aromatic rings. The molecule has 2 fully saturated rings. The molecular weight excluding hydrogens is 441 g/mol. The number of rotatable bonds is 7. The lowest BCUT2D eigenvalue weighted by Crippen LogP contribution is -2.36. The lowest BCUT2D eigenvalue weighted by molar-refractivity contribution is -0.119. The summed E-state index contributed by atoms with van der Waals surface area (Å²) in [6, 6.07) is 5.80. The normalized spacial score (nSPS) is 21.3. The zero-order valence-electron chi connectivity index (χ0n) is 17.2. The number of likely N-dealkylation sites (tertiary alicyclic amines) is 1. The number of nitrogens with zero attached hydrogens (tertiary/aromatic N) is 4. The molecule has 168 valence electrons. The van der Waals surface area contributed by atoms with Crippen molar-refractivity contribution in [1.82, 2.24) is 25.0 Å². The molecule has 0 spiro atoms. The highest BCUT2D eigenvalue weighted by Crippen LogP contribution is 2.24. The molecule has 0 aliphatic carbocycles. The maximum atomic E-state index is 13.5. The van der Waals surface area contributed by atoms with E-state index < -0.39 is 9.84 Å². The molecule has 0 bridgehead atoms. The second-order valence-electron chi connectivity index (χ2n) is 8.00. The van der Waals surface area contributed by atoms with Crippen LogP contribution in [0.4, 0.5) is 4.39 Å². The van der Waals surface area contributed by atoms with Crippen LogP contribution in [0.25, 0.3) is 5.69 Å². The van der Waals surface area contributed by atoms with Crippen molar-refractivity contribution < 1.29 is 17.6 Å². The molecule has 1 amide bonds. The third-order valence-corrected chi connectivity index (χ3v) is 8.23. The number of carbonyl (C=O) groups excluding carboxylic acids is 1. The first-order valence-corrected chi connectivity index (χ1v) is 13.3. The van der Waals surface area contributed by atoms with Crippen LogP contribution in [0.1, 0.15) is 31.5 Å². The third kappa shape index (κ3) is 5.83. The molecule has 2 saturated heterocycles. The van der Waals surface area contributed by atoms with Crippen LogP contribution in [0.15, 0.2) is 29.4 Å². The predicted molar refractivity (Wildman–Crippen MR) is 116 cm³/mol. The largest absolute Gasteiger partial charge is 0.352 e. The zero-order chi connectivity index (χ0) is 21.8. The summed E-state index contributed by atoms with van der Waals surface area (Å²) in [5.74, 6) is 0.393. The Morgan fingerprint density at radius 3 is 2.58 bits per heavy atom. The molecule has 2 aliphatic rings. The number of halogens is 1. The molecule has 0 radical (unpaired) electrons. The molecule has 1 aromatic carbocycles. The monoisotopic (exact) mass is 467 g/mol. The number of thioether (sulfide) groups is 1. The summed E-state index contributed by atoms with van der Waals surface area (Å²) < 4.78 is 38.5. The van der Waals surface area contributed by atoms with Gasteiger partial charge in [-0.3, -0.25) is 14.3 Å². The van der Waals surface area contributed by atoms with E-state index in [9.17, 15) is 17.6 Å². The van der Waals surface area contributed by atoms with Gasteiger partial charge in [-0.25, -0.2) is 12.8 Å². The quantitative estimate of drug-likeness (QED) is 0.620. The highest BCUT2D eigenvalue weighted by Gasteiger charge is 2.29. The molecule has 1 N–H and O–H groups in total. The van der Waals surface area contributed by atoms with Crippen molar-refractivity contribution >= 4 is 27.5 Å². The van der Waals surface area contributed by atoms with E-state index in [1.165, 1.54) is 30.3 Å². The van der Waals surface area contributed by atoms with E-state index in [0.717, 1.165) is 37.4 Å². The number of hydrogen-bond acceptors (Lipinski definition) is 7. The number of carbonyl (C=O) groups is 1. The molecule has 11 heteroatoms. The van der Waals surface area contributed by atoms with Crippen LogP contribution >= 0.6 is 11.8 Å².